The Morgan fingerprint density at radius 3 is 2.14 bits per heavy atom. The van der Waals surface area contributed by atoms with Crippen LogP contribution in [0.3, 0.4) is 0 Å². The molecule has 0 unspecified atom stereocenters. The maximum Gasteiger partial charge on any atom is 0.338 e. The zero-order valence-corrected chi connectivity index (χ0v) is 18.0. The zero-order chi connectivity index (χ0) is 21.6. The van der Waals surface area contributed by atoms with Gasteiger partial charge in [-0.15, -0.1) is 0 Å². The summed E-state index contributed by atoms with van der Waals surface area (Å²) in [6.45, 7) is 12.0. The van der Waals surface area contributed by atoms with Gasteiger partial charge in [0.15, 0.2) is 5.78 Å². The minimum absolute atomic E-state index is 0.102. The average molecular weight is 398 g/mol. The van der Waals surface area contributed by atoms with Crippen molar-refractivity contribution in [3.63, 3.8) is 0 Å². The summed E-state index contributed by atoms with van der Waals surface area (Å²) < 4.78 is 5.46. The van der Waals surface area contributed by atoms with Gasteiger partial charge < -0.3 is 14.7 Å². The van der Waals surface area contributed by atoms with Gasteiger partial charge in [-0.25, -0.2) is 4.79 Å². The van der Waals surface area contributed by atoms with Gasteiger partial charge in [0.2, 0.25) is 0 Å². The van der Waals surface area contributed by atoms with Crippen LogP contribution in [-0.2, 0) is 4.74 Å². The fourth-order valence-electron chi connectivity index (χ4n) is 2.94. The van der Waals surface area contributed by atoms with E-state index in [0.29, 0.717) is 0 Å². The molecule has 5 nitrogen and oxygen atoms in total. The van der Waals surface area contributed by atoms with Crippen LogP contribution >= 0.6 is 0 Å². The molecule has 0 fully saturated rings. The number of esters is 1. The van der Waals surface area contributed by atoms with Gasteiger partial charge in [0, 0.05) is 30.4 Å². The molecular weight excluding hydrogens is 366 g/mol. The van der Waals surface area contributed by atoms with Crippen molar-refractivity contribution in [2.24, 2.45) is 5.41 Å². The Labute approximate surface area is 173 Å². The van der Waals surface area contributed by atoms with Crippen molar-refractivity contribution in [1.82, 2.24) is 0 Å². The van der Waals surface area contributed by atoms with E-state index in [2.05, 4.69) is 4.90 Å². The molecular formula is C24H31NO4. The van der Waals surface area contributed by atoms with Crippen molar-refractivity contribution >= 4 is 17.4 Å². The number of phenols is 1. The van der Waals surface area contributed by atoms with Crippen LogP contribution in [0.2, 0.25) is 0 Å². The van der Waals surface area contributed by atoms with Crippen LogP contribution in [0.15, 0.2) is 42.5 Å². The van der Waals surface area contributed by atoms with Crippen LogP contribution in [0.1, 0.15) is 67.3 Å². The summed E-state index contributed by atoms with van der Waals surface area (Å²) in [5.74, 6) is -1.04. The van der Waals surface area contributed by atoms with Crippen LogP contribution in [0.5, 0.6) is 5.75 Å². The van der Waals surface area contributed by atoms with Crippen molar-refractivity contribution in [3.8, 4) is 5.75 Å². The quantitative estimate of drug-likeness (QED) is 0.473. The van der Waals surface area contributed by atoms with Crippen LogP contribution in [0, 0.1) is 5.41 Å². The van der Waals surface area contributed by atoms with Crippen molar-refractivity contribution in [2.75, 3.05) is 24.6 Å². The van der Waals surface area contributed by atoms with E-state index in [-0.39, 0.29) is 34.5 Å². The van der Waals surface area contributed by atoms with E-state index in [1.807, 2.05) is 40.7 Å². The second kappa shape index (κ2) is 9.59. The highest BCUT2D eigenvalue weighted by Crippen LogP contribution is 2.28. The molecule has 29 heavy (non-hydrogen) atoms. The van der Waals surface area contributed by atoms with E-state index in [1.54, 1.807) is 36.4 Å². The van der Waals surface area contributed by atoms with Crippen molar-refractivity contribution in [2.45, 2.75) is 41.0 Å². The number of hydrogen-bond donors (Lipinski definition) is 1. The number of carbonyl (C=O) groups excluding carboxylic acids is 2. The Bertz CT molecular complexity index is 869. The molecule has 156 valence electrons. The predicted molar refractivity (Wildman–Crippen MR) is 116 cm³/mol. The number of anilines is 1. The van der Waals surface area contributed by atoms with Crippen molar-refractivity contribution < 1.29 is 19.4 Å². The van der Waals surface area contributed by atoms with E-state index >= 15 is 0 Å². The van der Waals surface area contributed by atoms with Crippen LogP contribution < -0.4 is 4.90 Å². The molecule has 5 heteroatoms. The van der Waals surface area contributed by atoms with E-state index in [4.69, 9.17) is 4.74 Å². The molecule has 0 atom stereocenters. The lowest BCUT2D eigenvalue weighted by molar-refractivity contribution is 0.0333. The number of phenolic OH excluding ortho intramolecular Hbond substituents is 1. The summed E-state index contributed by atoms with van der Waals surface area (Å²) >= 11 is 0. The zero-order valence-electron chi connectivity index (χ0n) is 18.0. The van der Waals surface area contributed by atoms with Gasteiger partial charge >= 0.3 is 5.97 Å². The number of carbonyl (C=O) groups is 2. The third-order valence-electron chi connectivity index (χ3n) is 5.30. The Balaban J connectivity index is 2.32. The lowest BCUT2D eigenvalue weighted by atomic mass is 9.91. The topological polar surface area (TPSA) is 66.8 Å². The highest BCUT2D eigenvalue weighted by molar-refractivity contribution is 6.15. The molecule has 0 aliphatic rings. The Morgan fingerprint density at radius 1 is 0.966 bits per heavy atom. The monoisotopic (exact) mass is 397 g/mol. The molecule has 0 aliphatic carbocycles. The summed E-state index contributed by atoms with van der Waals surface area (Å²) in [7, 11) is 0. The first-order valence-electron chi connectivity index (χ1n) is 10.1. The molecule has 0 spiro atoms. The summed E-state index contributed by atoms with van der Waals surface area (Å²) in [5, 5.41) is 10.5. The van der Waals surface area contributed by atoms with Crippen molar-refractivity contribution in [1.29, 1.82) is 0 Å². The SMILES string of the molecule is CCN(CC)c1ccc(C(=O)c2ccccc2C(=O)OCC(C)(C)CC)c(O)c1. The number of benzene rings is 2. The lowest BCUT2D eigenvalue weighted by Crippen LogP contribution is -2.22. The van der Waals surface area contributed by atoms with E-state index < -0.39 is 11.8 Å². The molecule has 2 aromatic rings. The number of aromatic hydroxyl groups is 1. The number of nitrogens with zero attached hydrogens (tertiary/aromatic N) is 1. The van der Waals surface area contributed by atoms with Crippen LogP contribution in [0.4, 0.5) is 5.69 Å². The highest BCUT2D eigenvalue weighted by atomic mass is 16.5. The van der Waals surface area contributed by atoms with Gasteiger partial charge in [0.05, 0.1) is 17.7 Å². The first kappa shape index (κ1) is 22.5. The molecule has 0 bridgehead atoms. The summed E-state index contributed by atoms with van der Waals surface area (Å²) in [4.78, 5) is 27.8. The third-order valence-corrected chi connectivity index (χ3v) is 5.30. The number of hydrogen-bond acceptors (Lipinski definition) is 5. The maximum atomic E-state index is 13.1. The Hall–Kier alpha value is -2.82. The number of ketones is 1. The van der Waals surface area contributed by atoms with Gasteiger partial charge in [0.25, 0.3) is 0 Å². The van der Waals surface area contributed by atoms with Gasteiger partial charge in [0.1, 0.15) is 5.75 Å². The highest BCUT2D eigenvalue weighted by Gasteiger charge is 2.24. The molecule has 0 aromatic heterocycles. The van der Waals surface area contributed by atoms with Gasteiger partial charge in [-0.3, -0.25) is 4.79 Å². The van der Waals surface area contributed by atoms with E-state index in [9.17, 15) is 14.7 Å². The minimum atomic E-state index is -0.533. The molecule has 1 N–H and O–H groups in total. The maximum absolute atomic E-state index is 13.1. The van der Waals surface area contributed by atoms with Crippen molar-refractivity contribution in [3.05, 3.63) is 59.2 Å². The second-order valence-corrected chi connectivity index (χ2v) is 7.84. The normalized spacial score (nSPS) is 11.2. The smallest absolute Gasteiger partial charge is 0.338 e. The molecule has 0 radical (unpaired) electrons. The lowest BCUT2D eigenvalue weighted by Gasteiger charge is -2.22. The molecule has 2 rings (SSSR count). The molecule has 0 heterocycles. The largest absolute Gasteiger partial charge is 0.507 e. The molecule has 0 saturated heterocycles. The summed E-state index contributed by atoms with van der Waals surface area (Å²) in [6.07, 6.45) is 0.869. The minimum Gasteiger partial charge on any atom is -0.507 e. The predicted octanol–water partition coefficient (Wildman–Crippen LogP) is 5.06. The average Bonchev–Trinajstić information content (AvgIpc) is 2.72. The summed E-state index contributed by atoms with van der Waals surface area (Å²) in [6, 6.07) is 11.6. The fourth-order valence-corrected chi connectivity index (χ4v) is 2.94. The fraction of sp³-hybridized carbons (Fsp3) is 0.417. The van der Waals surface area contributed by atoms with Gasteiger partial charge in [-0.1, -0.05) is 39.0 Å². The van der Waals surface area contributed by atoms with E-state index in [0.717, 1.165) is 25.2 Å². The van der Waals surface area contributed by atoms with Crippen LogP contribution in [0.25, 0.3) is 0 Å². The molecule has 0 aliphatic heterocycles. The Kier molecular flexibility index (Phi) is 7.43. The summed E-state index contributed by atoms with van der Waals surface area (Å²) in [5.41, 5.74) is 1.30. The van der Waals surface area contributed by atoms with E-state index in [1.165, 1.54) is 0 Å². The van der Waals surface area contributed by atoms with Crippen LogP contribution in [-0.4, -0.2) is 36.6 Å². The number of ether oxygens (including phenoxy) is 1. The standard InChI is InChI=1S/C24H31NO4/c1-6-24(4,5)16-29-23(28)19-12-10-9-11-18(19)22(27)20-14-13-17(15-21(20)26)25(7-2)8-3/h9-15,26H,6-8,16H2,1-5H3. The molecule has 0 saturated carbocycles. The first-order chi connectivity index (χ1) is 13.7. The first-order valence-corrected chi connectivity index (χ1v) is 10.1. The third kappa shape index (κ3) is 5.37. The Morgan fingerprint density at radius 2 is 1.59 bits per heavy atom. The number of rotatable bonds is 9. The molecule has 0 amide bonds. The second-order valence-electron chi connectivity index (χ2n) is 7.84. The molecule has 2 aromatic carbocycles. The van der Waals surface area contributed by atoms with Gasteiger partial charge in [-0.05, 0) is 43.9 Å². The van der Waals surface area contributed by atoms with Gasteiger partial charge in [-0.2, -0.15) is 0 Å².